The summed E-state index contributed by atoms with van der Waals surface area (Å²) in [6.07, 6.45) is 3.57. The number of hydrogen-bond acceptors (Lipinski definition) is 3. The first-order valence-corrected chi connectivity index (χ1v) is 7.83. The van der Waals surface area contributed by atoms with Gasteiger partial charge < -0.3 is 24.9 Å². The van der Waals surface area contributed by atoms with Gasteiger partial charge in [0.15, 0.2) is 23.0 Å². The molecule has 0 saturated carbocycles. The summed E-state index contributed by atoms with van der Waals surface area (Å²) in [6.45, 7) is 0. The maximum absolute atomic E-state index is 10.5. The van der Waals surface area contributed by atoms with Crippen LogP contribution in [0.5, 0.6) is 23.0 Å². The van der Waals surface area contributed by atoms with Crippen LogP contribution in [0.4, 0.5) is 0 Å². The summed E-state index contributed by atoms with van der Waals surface area (Å²) < 4.78 is 5.79. The van der Waals surface area contributed by atoms with Gasteiger partial charge in [-0.1, -0.05) is 12.1 Å². The number of para-hydroxylation sites is 2. The van der Waals surface area contributed by atoms with Crippen molar-refractivity contribution in [2.45, 2.75) is 0 Å². The Labute approximate surface area is 144 Å². The van der Waals surface area contributed by atoms with Gasteiger partial charge in [-0.05, 0) is 48.5 Å². The molecule has 4 rings (SSSR count). The Balaban J connectivity index is 1.72. The normalized spacial score (nSPS) is 10.7. The highest BCUT2D eigenvalue weighted by Gasteiger charge is 2.15. The van der Waals surface area contributed by atoms with Crippen molar-refractivity contribution >= 4 is 0 Å². The second-order valence-corrected chi connectivity index (χ2v) is 5.57. The molecule has 2 heterocycles. The molecular weight excluding hydrogens is 316 g/mol. The van der Waals surface area contributed by atoms with E-state index in [0.29, 0.717) is 11.1 Å². The molecule has 0 spiro atoms. The molecule has 4 N–H and O–H groups in total. The number of hydrogen-bond donors (Lipinski definition) is 4. The van der Waals surface area contributed by atoms with Gasteiger partial charge in [0.2, 0.25) is 0 Å². The summed E-state index contributed by atoms with van der Waals surface area (Å²) in [5, 5.41) is 21.1. The van der Waals surface area contributed by atoms with E-state index in [1.165, 1.54) is 0 Å². The molecule has 0 atom stereocenters. The quantitative estimate of drug-likeness (QED) is 0.430. The molecule has 124 valence electrons. The molecule has 0 saturated heterocycles. The van der Waals surface area contributed by atoms with Crippen LogP contribution in [-0.4, -0.2) is 20.2 Å². The van der Waals surface area contributed by atoms with Crippen LogP contribution in [0.25, 0.3) is 22.5 Å². The molecule has 0 aliphatic carbocycles. The van der Waals surface area contributed by atoms with Crippen LogP contribution < -0.4 is 4.74 Å². The Bertz CT molecular complexity index is 908. The molecule has 4 aromatic rings. The zero-order chi connectivity index (χ0) is 17.2. The largest absolute Gasteiger partial charge is 0.504 e. The van der Waals surface area contributed by atoms with Crippen LogP contribution in [0, 0.1) is 0 Å². The predicted octanol–water partition coefficient (Wildman–Crippen LogP) is 4.88. The lowest BCUT2D eigenvalue weighted by molar-refractivity contribution is 0.387. The lowest BCUT2D eigenvalue weighted by Gasteiger charge is -2.13. The number of rotatable bonds is 4. The van der Waals surface area contributed by atoms with Crippen molar-refractivity contribution in [2.75, 3.05) is 0 Å². The first kappa shape index (κ1) is 15.0. The fourth-order valence-electron chi connectivity index (χ4n) is 2.76. The van der Waals surface area contributed by atoms with Crippen LogP contribution in [0.15, 0.2) is 73.1 Å². The maximum Gasteiger partial charge on any atom is 0.169 e. The topological polar surface area (TPSA) is 81.3 Å². The minimum Gasteiger partial charge on any atom is -0.504 e. The lowest BCUT2D eigenvalue weighted by Crippen LogP contribution is -1.89. The van der Waals surface area contributed by atoms with E-state index in [0.717, 1.165) is 11.4 Å². The maximum atomic E-state index is 10.5. The molecular formula is C20H16N2O3. The van der Waals surface area contributed by atoms with Crippen molar-refractivity contribution in [1.29, 1.82) is 0 Å². The number of aromatic hydroxyl groups is 2. The van der Waals surface area contributed by atoms with Gasteiger partial charge in [-0.15, -0.1) is 0 Å². The Morgan fingerprint density at radius 3 is 1.48 bits per heavy atom. The Morgan fingerprint density at radius 1 is 0.600 bits per heavy atom. The molecule has 5 heteroatoms. The van der Waals surface area contributed by atoms with Gasteiger partial charge in [-0.25, -0.2) is 0 Å². The zero-order valence-corrected chi connectivity index (χ0v) is 13.2. The van der Waals surface area contributed by atoms with Crippen molar-refractivity contribution < 1.29 is 14.9 Å². The summed E-state index contributed by atoms with van der Waals surface area (Å²) in [7, 11) is 0. The fourth-order valence-corrected chi connectivity index (χ4v) is 2.76. The summed E-state index contributed by atoms with van der Waals surface area (Å²) >= 11 is 0. The number of H-pyrrole nitrogens is 2. The smallest absolute Gasteiger partial charge is 0.169 e. The minimum atomic E-state index is 0.00891. The molecule has 0 radical (unpaired) electrons. The van der Waals surface area contributed by atoms with Crippen molar-refractivity contribution in [3.05, 3.63) is 73.1 Å². The van der Waals surface area contributed by atoms with Crippen LogP contribution >= 0.6 is 0 Å². The summed E-state index contributed by atoms with van der Waals surface area (Å²) in [5.74, 6) is 0.557. The average Bonchev–Trinajstić information content (AvgIpc) is 3.32. The summed E-state index contributed by atoms with van der Waals surface area (Å²) in [5.41, 5.74) is 2.82. The molecule has 2 aromatic carbocycles. The minimum absolute atomic E-state index is 0.00891. The fraction of sp³-hybridized carbons (Fsp3) is 0. The highest BCUT2D eigenvalue weighted by atomic mass is 16.5. The molecule has 0 bridgehead atoms. The third-order valence-electron chi connectivity index (χ3n) is 3.99. The number of phenols is 2. The number of nitrogens with one attached hydrogen (secondary N) is 2. The number of ether oxygens (including phenoxy) is 1. The van der Waals surface area contributed by atoms with Crippen LogP contribution in [0.1, 0.15) is 0 Å². The SMILES string of the molecule is Oc1c(Oc2cccc(-c3ccc[nH]3)c2O)cccc1-c1ccc[nH]1. The number of aromatic amines is 2. The molecule has 0 unspecified atom stereocenters. The van der Waals surface area contributed by atoms with Gasteiger partial charge in [0.05, 0.1) is 0 Å². The number of phenolic OH excluding ortho intramolecular Hbond substituents is 2. The van der Waals surface area contributed by atoms with Gasteiger partial charge >= 0.3 is 0 Å². The average molecular weight is 332 g/mol. The number of benzene rings is 2. The highest BCUT2D eigenvalue weighted by Crippen LogP contribution is 2.43. The Hall–Kier alpha value is -3.60. The van der Waals surface area contributed by atoms with E-state index >= 15 is 0 Å². The van der Waals surface area contributed by atoms with E-state index in [-0.39, 0.29) is 23.0 Å². The summed E-state index contributed by atoms with van der Waals surface area (Å²) in [4.78, 5) is 6.11. The Morgan fingerprint density at radius 2 is 1.08 bits per heavy atom. The lowest BCUT2D eigenvalue weighted by atomic mass is 10.1. The van der Waals surface area contributed by atoms with Crippen LogP contribution in [0.2, 0.25) is 0 Å². The first-order valence-electron chi connectivity index (χ1n) is 7.83. The monoisotopic (exact) mass is 332 g/mol. The molecule has 25 heavy (non-hydrogen) atoms. The van der Waals surface area contributed by atoms with Crippen molar-refractivity contribution in [3.63, 3.8) is 0 Å². The molecule has 5 nitrogen and oxygen atoms in total. The van der Waals surface area contributed by atoms with E-state index in [1.807, 2.05) is 24.3 Å². The molecule has 2 aromatic heterocycles. The van der Waals surface area contributed by atoms with E-state index in [2.05, 4.69) is 9.97 Å². The highest BCUT2D eigenvalue weighted by molar-refractivity contribution is 5.73. The van der Waals surface area contributed by atoms with E-state index < -0.39 is 0 Å². The Kier molecular flexibility index (Phi) is 3.67. The van der Waals surface area contributed by atoms with Gasteiger partial charge in [0.25, 0.3) is 0 Å². The van der Waals surface area contributed by atoms with E-state index in [4.69, 9.17) is 4.74 Å². The third kappa shape index (κ3) is 2.72. The van der Waals surface area contributed by atoms with Crippen LogP contribution in [-0.2, 0) is 0 Å². The number of aromatic nitrogens is 2. The van der Waals surface area contributed by atoms with E-state index in [9.17, 15) is 10.2 Å². The second kappa shape index (κ2) is 6.13. The first-order chi connectivity index (χ1) is 12.2. The molecule has 0 aliphatic heterocycles. The molecule has 0 fully saturated rings. The van der Waals surface area contributed by atoms with E-state index in [1.54, 1.807) is 48.8 Å². The van der Waals surface area contributed by atoms with Gasteiger partial charge in [0, 0.05) is 34.9 Å². The predicted molar refractivity (Wildman–Crippen MR) is 95.9 cm³/mol. The standard InChI is InChI=1S/C20H16N2O3/c23-19-13(15-7-3-11-21-15)5-1-9-17(19)25-18-10-2-6-14(20(18)24)16-8-4-12-22-16/h1-12,21-24H. The zero-order valence-electron chi connectivity index (χ0n) is 13.2. The molecule has 0 amide bonds. The van der Waals surface area contributed by atoms with Gasteiger partial charge in [-0.2, -0.15) is 0 Å². The second-order valence-electron chi connectivity index (χ2n) is 5.57. The van der Waals surface area contributed by atoms with Gasteiger partial charge in [0.1, 0.15) is 0 Å². The van der Waals surface area contributed by atoms with Crippen molar-refractivity contribution in [3.8, 4) is 45.5 Å². The van der Waals surface area contributed by atoms with Crippen LogP contribution in [0.3, 0.4) is 0 Å². The third-order valence-corrected chi connectivity index (χ3v) is 3.99. The van der Waals surface area contributed by atoms with Crippen molar-refractivity contribution in [2.24, 2.45) is 0 Å². The summed E-state index contributed by atoms with van der Waals surface area (Å²) in [6, 6.07) is 17.9. The van der Waals surface area contributed by atoms with Gasteiger partial charge in [-0.3, -0.25) is 0 Å². The van der Waals surface area contributed by atoms with Crippen molar-refractivity contribution in [1.82, 2.24) is 9.97 Å². The molecule has 0 aliphatic rings.